The molecule has 0 unspecified atom stereocenters. The minimum atomic E-state index is -1.53. The van der Waals surface area contributed by atoms with E-state index in [1.165, 1.54) is 0 Å². The van der Waals surface area contributed by atoms with Crippen LogP contribution in [0.5, 0.6) is 0 Å². The second-order valence-corrected chi connectivity index (χ2v) is 16.2. The van der Waals surface area contributed by atoms with Crippen LogP contribution in [-0.4, -0.2) is 134 Å². The SMILES string of the molecule is CO[C@]1(C)C[C@@H](C)CN(C)CC2(CCN(C(=O)c3ccc(Cl)cc3)CC2)OC(=O)C(C)(C)C(=O)[C@H](C)[C@H]1O[C@@H]1O[C@H](C)C[C@H](N(C)C)[C@H]1O. The molecule has 0 saturated carbocycles. The monoisotopic (exact) mass is 707 g/mol. The molecule has 3 saturated heterocycles. The fourth-order valence-electron chi connectivity index (χ4n) is 8.07. The lowest BCUT2D eigenvalue weighted by Gasteiger charge is -2.47. The Morgan fingerprint density at radius 3 is 2.24 bits per heavy atom. The Hall–Kier alpha value is -2.12. The fourth-order valence-corrected chi connectivity index (χ4v) is 8.19. The van der Waals surface area contributed by atoms with Crippen molar-refractivity contribution in [2.75, 3.05) is 54.4 Å². The van der Waals surface area contributed by atoms with Gasteiger partial charge in [-0.15, -0.1) is 0 Å². The number of Topliss-reactive ketones (excluding diaryl/α,β-unsaturated/α-hetero) is 1. The number of nitrogens with zero attached hydrogens (tertiary/aromatic N) is 3. The average molecular weight is 708 g/mol. The van der Waals surface area contributed by atoms with E-state index in [0.29, 0.717) is 62.4 Å². The number of piperidine rings is 1. The van der Waals surface area contributed by atoms with Crippen LogP contribution in [0.2, 0.25) is 5.02 Å². The number of likely N-dealkylation sites (N-methyl/N-ethyl adjacent to an activating group) is 2. The summed E-state index contributed by atoms with van der Waals surface area (Å²) in [5.74, 6) is -1.80. The minimum absolute atomic E-state index is 0.0853. The van der Waals surface area contributed by atoms with E-state index in [4.69, 9.17) is 30.5 Å². The zero-order valence-corrected chi connectivity index (χ0v) is 31.8. The first-order valence-corrected chi connectivity index (χ1v) is 17.9. The van der Waals surface area contributed by atoms with Crippen LogP contribution in [0.1, 0.15) is 77.6 Å². The van der Waals surface area contributed by atoms with Crippen molar-refractivity contribution in [3.63, 3.8) is 0 Å². The van der Waals surface area contributed by atoms with Gasteiger partial charge in [-0.25, -0.2) is 0 Å². The number of benzene rings is 1. The molecule has 3 aliphatic heterocycles. The number of ether oxygens (including phenoxy) is 4. The Morgan fingerprint density at radius 1 is 1.06 bits per heavy atom. The topological polar surface area (TPSA) is 118 Å². The summed E-state index contributed by atoms with van der Waals surface area (Å²) in [6.45, 7) is 12.9. The van der Waals surface area contributed by atoms with Gasteiger partial charge in [0.1, 0.15) is 17.1 Å². The molecule has 0 aliphatic carbocycles. The number of methoxy groups -OCH3 is 1. The van der Waals surface area contributed by atoms with Gasteiger partial charge in [0.25, 0.3) is 5.91 Å². The predicted octanol–water partition coefficient (Wildman–Crippen LogP) is 4.28. The third-order valence-electron chi connectivity index (χ3n) is 10.9. The Kier molecular flexibility index (Phi) is 12.7. The van der Waals surface area contributed by atoms with Crippen LogP contribution in [0, 0.1) is 17.3 Å². The fraction of sp³-hybridized carbons (Fsp3) is 0.757. The van der Waals surface area contributed by atoms with Gasteiger partial charge in [0, 0.05) is 68.7 Å². The number of esters is 1. The maximum Gasteiger partial charge on any atom is 0.319 e. The first-order valence-electron chi connectivity index (χ1n) is 17.5. The summed E-state index contributed by atoms with van der Waals surface area (Å²) >= 11 is 6.03. The van der Waals surface area contributed by atoms with E-state index in [9.17, 15) is 19.5 Å². The number of ketones is 1. The normalized spacial score (nSPS) is 35.0. The highest BCUT2D eigenvalue weighted by atomic mass is 35.5. The molecule has 3 heterocycles. The van der Waals surface area contributed by atoms with Crippen molar-refractivity contribution < 1.29 is 38.4 Å². The Bertz CT molecular complexity index is 1320. The number of carbonyl (C=O) groups excluding carboxylic acids is 3. The highest BCUT2D eigenvalue weighted by Gasteiger charge is 2.53. The maximum atomic E-state index is 14.5. The number of amides is 1. The van der Waals surface area contributed by atoms with Crippen molar-refractivity contribution in [3.8, 4) is 0 Å². The molecule has 4 rings (SSSR count). The van der Waals surface area contributed by atoms with Crippen molar-refractivity contribution >= 4 is 29.3 Å². The van der Waals surface area contributed by atoms with Crippen LogP contribution in [0.3, 0.4) is 0 Å². The van der Waals surface area contributed by atoms with E-state index in [0.717, 1.165) is 0 Å². The second kappa shape index (κ2) is 15.6. The van der Waals surface area contributed by atoms with Crippen molar-refractivity contribution in [2.45, 2.75) is 109 Å². The molecule has 0 radical (unpaired) electrons. The molecule has 1 N–H and O–H groups in total. The maximum absolute atomic E-state index is 14.5. The first-order chi connectivity index (χ1) is 22.8. The molecule has 1 aromatic rings. The molecule has 3 aliphatic rings. The van der Waals surface area contributed by atoms with Gasteiger partial charge < -0.3 is 38.8 Å². The molecule has 1 aromatic carbocycles. The van der Waals surface area contributed by atoms with Crippen LogP contribution >= 0.6 is 11.6 Å². The highest BCUT2D eigenvalue weighted by molar-refractivity contribution is 6.30. The summed E-state index contributed by atoms with van der Waals surface area (Å²) in [7, 11) is 7.43. The lowest BCUT2D eigenvalue weighted by molar-refractivity contribution is -0.295. The Balaban J connectivity index is 1.63. The summed E-state index contributed by atoms with van der Waals surface area (Å²) in [6.07, 6.45) is -0.965. The van der Waals surface area contributed by atoms with E-state index >= 15 is 0 Å². The molecule has 0 aromatic heterocycles. The number of aliphatic hydroxyl groups excluding tert-OH is 1. The van der Waals surface area contributed by atoms with Crippen molar-refractivity contribution in [1.29, 1.82) is 0 Å². The summed E-state index contributed by atoms with van der Waals surface area (Å²) in [5.41, 5.74) is -2.83. The third-order valence-corrected chi connectivity index (χ3v) is 11.2. The number of likely N-dealkylation sites (tertiary alicyclic amines) is 1. The van der Waals surface area contributed by atoms with Gasteiger partial charge in [0.05, 0.1) is 17.8 Å². The van der Waals surface area contributed by atoms with E-state index < -0.39 is 47.0 Å². The zero-order chi connectivity index (χ0) is 36.5. The number of carbonyl (C=O) groups is 3. The quantitative estimate of drug-likeness (QED) is 0.351. The minimum Gasteiger partial charge on any atom is -0.457 e. The number of aliphatic hydroxyl groups is 1. The molecule has 8 atom stereocenters. The molecule has 1 spiro atoms. The van der Waals surface area contributed by atoms with Gasteiger partial charge in [0.15, 0.2) is 12.1 Å². The van der Waals surface area contributed by atoms with E-state index in [2.05, 4.69) is 11.8 Å². The standard InChI is InChI=1S/C37H58ClN3O8/c1-23-20-36(6,46-10)31(48-33-29(42)28(39(7)8)19-24(2)47-33)25(3)30(43)35(4,5)34(45)49-37(22-40(9)21-23)15-17-41(18-16-37)32(44)26-11-13-27(38)14-12-26/h11-14,23-25,28-29,31,33,42H,15-22H2,1-10H3/t23-,24-,25+,28+,29-,31-,33+,36-/m1/s1. The Morgan fingerprint density at radius 2 is 1.67 bits per heavy atom. The van der Waals surface area contributed by atoms with Crippen molar-refractivity contribution in [2.24, 2.45) is 17.3 Å². The molecular weight excluding hydrogens is 650 g/mol. The number of hydrogen-bond acceptors (Lipinski definition) is 10. The first kappa shape index (κ1) is 39.7. The lowest BCUT2D eigenvalue weighted by Crippen LogP contribution is -2.59. The van der Waals surface area contributed by atoms with E-state index in [1.807, 2.05) is 39.9 Å². The van der Waals surface area contributed by atoms with Gasteiger partial charge in [-0.2, -0.15) is 0 Å². The zero-order valence-electron chi connectivity index (χ0n) is 31.0. The molecule has 3 fully saturated rings. The van der Waals surface area contributed by atoms with Gasteiger partial charge >= 0.3 is 5.97 Å². The van der Waals surface area contributed by atoms with Crippen LogP contribution in [0.15, 0.2) is 24.3 Å². The third kappa shape index (κ3) is 8.86. The lowest BCUT2D eigenvalue weighted by atomic mass is 9.74. The van der Waals surface area contributed by atoms with Crippen LogP contribution in [-0.2, 0) is 28.5 Å². The summed E-state index contributed by atoms with van der Waals surface area (Å²) < 4.78 is 25.4. The Labute approximate surface area is 297 Å². The molecule has 1 amide bonds. The van der Waals surface area contributed by atoms with E-state index in [1.54, 1.807) is 57.0 Å². The van der Waals surface area contributed by atoms with E-state index in [-0.39, 0.29) is 29.8 Å². The van der Waals surface area contributed by atoms with Crippen molar-refractivity contribution in [1.82, 2.24) is 14.7 Å². The molecule has 49 heavy (non-hydrogen) atoms. The predicted molar refractivity (Wildman–Crippen MR) is 187 cm³/mol. The molecule has 276 valence electrons. The van der Waals surface area contributed by atoms with Crippen molar-refractivity contribution in [3.05, 3.63) is 34.9 Å². The number of hydrogen-bond donors (Lipinski definition) is 1. The second-order valence-electron chi connectivity index (χ2n) is 15.8. The van der Waals surface area contributed by atoms with Gasteiger partial charge in [-0.1, -0.05) is 25.4 Å². The van der Waals surface area contributed by atoms with Crippen LogP contribution < -0.4 is 0 Å². The van der Waals surface area contributed by atoms with Gasteiger partial charge in [-0.05, 0) is 91.9 Å². The molecule has 0 bridgehead atoms. The number of halogens is 1. The number of rotatable bonds is 5. The van der Waals surface area contributed by atoms with Crippen LogP contribution in [0.25, 0.3) is 0 Å². The average Bonchev–Trinajstić information content (AvgIpc) is 3.03. The smallest absolute Gasteiger partial charge is 0.319 e. The molecular formula is C37H58ClN3O8. The summed E-state index contributed by atoms with van der Waals surface area (Å²) in [5, 5.41) is 11.9. The molecule has 11 nitrogen and oxygen atoms in total. The summed E-state index contributed by atoms with van der Waals surface area (Å²) in [6, 6.07) is 6.62. The van der Waals surface area contributed by atoms with Gasteiger partial charge in [0.2, 0.25) is 0 Å². The largest absolute Gasteiger partial charge is 0.457 e. The molecule has 12 heteroatoms. The summed E-state index contributed by atoms with van der Waals surface area (Å²) in [4.78, 5) is 47.8. The van der Waals surface area contributed by atoms with Gasteiger partial charge in [-0.3, -0.25) is 14.4 Å². The highest BCUT2D eigenvalue weighted by Crippen LogP contribution is 2.40. The van der Waals surface area contributed by atoms with Crippen LogP contribution in [0.4, 0.5) is 0 Å².